The van der Waals surface area contributed by atoms with Crippen molar-refractivity contribution < 1.29 is 19.1 Å². The Morgan fingerprint density at radius 1 is 1.09 bits per heavy atom. The molecule has 1 atom stereocenters. The first-order valence-electron chi connectivity index (χ1n) is 11.3. The molecule has 2 amide bonds. The number of ether oxygens (including phenoxy) is 2. The maximum Gasteiger partial charge on any atom is 0.416 e. The molecule has 7 heteroatoms. The number of anilines is 1. The van der Waals surface area contributed by atoms with Crippen LogP contribution >= 0.6 is 0 Å². The van der Waals surface area contributed by atoms with E-state index in [0.717, 1.165) is 36.8 Å². The Bertz CT molecular complexity index is 953. The summed E-state index contributed by atoms with van der Waals surface area (Å²) in [5, 5.41) is 0. The van der Waals surface area contributed by atoms with Gasteiger partial charge in [0, 0.05) is 24.3 Å². The van der Waals surface area contributed by atoms with Crippen molar-refractivity contribution in [1.29, 1.82) is 0 Å². The topological polar surface area (TPSA) is 72.0 Å². The lowest BCUT2D eigenvalue weighted by molar-refractivity contribution is 0.0576. The Kier molecular flexibility index (Phi) is 6.35. The molecule has 1 saturated carbocycles. The van der Waals surface area contributed by atoms with Crippen molar-refractivity contribution in [3.05, 3.63) is 59.8 Å². The fourth-order valence-electron chi connectivity index (χ4n) is 4.03. The number of carbonyl (C=O) groups excluding carboxylic acids is 2. The zero-order valence-corrected chi connectivity index (χ0v) is 19.0. The minimum atomic E-state index is -0.597. The molecule has 1 aliphatic heterocycles. The highest BCUT2D eigenvalue weighted by Gasteiger charge is 2.41. The quantitative estimate of drug-likeness (QED) is 0.621. The number of carbonyl (C=O) groups is 2. The summed E-state index contributed by atoms with van der Waals surface area (Å²) in [6.07, 6.45) is 4.45. The fraction of sp³-hybridized carbons (Fsp3) is 0.480. The molecule has 2 aromatic rings. The Morgan fingerprint density at radius 3 is 2.53 bits per heavy atom. The summed E-state index contributed by atoms with van der Waals surface area (Å²) in [6.45, 7) is 6.42. The third kappa shape index (κ3) is 5.21. The zero-order valence-electron chi connectivity index (χ0n) is 19.0. The summed E-state index contributed by atoms with van der Waals surface area (Å²) < 4.78 is 11.3. The van der Waals surface area contributed by atoms with E-state index in [0.29, 0.717) is 12.4 Å². The van der Waals surface area contributed by atoms with Gasteiger partial charge < -0.3 is 14.4 Å². The third-order valence-corrected chi connectivity index (χ3v) is 5.60. The van der Waals surface area contributed by atoms with E-state index in [2.05, 4.69) is 4.98 Å². The summed E-state index contributed by atoms with van der Waals surface area (Å²) in [4.78, 5) is 34.0. The van der Waals surface area contributed by atoms with Crippen LogP contribution < -0.4 is 4.90 Å². The maximum atomic E-state index is 13.0. The van der Waals surface area contributed by atoms with Gasteiger partial charge in [0.25, 0.3) is 0 Å². The Balaban J connectivity index is 1.55. The van der Waals surface area contributed by atoms with Crippen molar-refractivity contribution >= 4 is 18.0 Å². The van der Waals surface area contributed by atoms with Crippen molar-refractivity contribution in [2.75, 3.05) is 11.4 Å². The van der Waals surface area contributed by atoms with E-state index in [9.17, 15) is 9.59 Å². The highest BCUT2D eigenvalue weighted by atomic mass is 16.6. The normalized spacial score (nSPS) is 18.3. The largest absolute Gasteiger partial charge is 0.445 e. The van der Waals surface area contributed by atoms with Crippen LogP contribution in [0.2, 0.25) is 0 Å². The maximum absolute atomic E-state index is 13.0. The molecule has 1 aromatic heterocycles. The summed E-state index contributed by atoms with van der Waals surface area (Å²) in [5.41, 5.74) is 1.21. The molecule has 0 N–H and O–H groups in total. The zero-order chi connectivity index (χ0) is 22.7. The number of aromatic nitrogens is 1. The first kappa shape index (κ1) is 22.1. The van der Waals surface area contributed by atoms with Crippen LogP contribution in [0.4, 0.5) is 15.4 Å². The van der Waals surface area contributed by atoms with Gasteiger partial charge in [-0.05, 0) is 58.1 Å². The lowest BCUT2D eigenvalue weighted by Crippen LogP contribution is -2.40. The number of pyridine rings is 1. The molecule has 2 heterocycles. The van der Waals surface area contributed by atoms with Gasteiger partial charge in [0.1, 0.15) is 18.0 Å². The molecular formula is C25H31N3O4. The van der Waals surface area contributed by atoms with E-state index >= 15 is 0 Å². The van der Waals surface area contributed by atoms with E-state index in [1.807, 2.05) is 63.2 Å². The van der Waals surface area contributed by atoms with Crippen LogP contribution in [0.1, 0.15) is 63.6 Å². The summed E-state index contributed by atoms with van der Waals surface area (Å²) >= 11 is 0. The molecule has 0 spiro atoms. The van der Waals surface area contributed by atoms with E-state index < -0.39 is 11.7 Å². The van der Waals surface area contributed by atoms with Gasteiger partial charge in [-0.2, -0.15) is 0 Å². The van der Waals surface area contributed by atoms with Crippen molar-refractivity contribution in [2.24, 2.45) is 0 Å². The number of hydrogen-bond donors (Lipinski definition) is 0. The number of nitrogens with zero attached hydrogens (tertiary/aromatic N) is 3. The minimum Gasteiger partial charge on any atom is -0.445 e. The van der Waals surface area contributed by atoms with Crippen LogP contribution in [0.15, 0.2) is 48.7 Å². The van der Waals surface area contributed by atoms with Gasteiger partial charge in [0.05, 0.1) is 6.04 Å². The van der Waals surface area contributed by atoms with E-state index in [1.54, 1.807) is 16.0 Å². The van der Waals surface area contributed by atoms with Crippen molar-refractivity contribution in [1.82, 2.24) is 9.88 Å². The molecule has 0 unspecified atom stereocenters. The molecule has 2 aliphatic rings. The van der Waals surface area contributed by atoms with Gasteiger partial charge in [-0.15, -0.1) is 0 Å². The van der Waals surface area contributed by atoms with Gasteiger partial charge in [0.2, 0.25) is 0 Å². The second-order valence-electron chi connectivity index (χ2n) is 9.39. The van der Waals surface area contributed by atoms with Crippen LogP contribution in [0.3, 0.4) is 0 Å². The van der Waals surface area contributed by atoms with Gasteiger partial charge in [0.15, 0.2) is 0 Å². The second kappa shape index (κ2) is 9.18. The van der Waals surface area contributed by atoms with Crippen LogP contribution in [0, 0.1) is 0 Å². The van der Waals surface area contributed by atoms with Gasteiger partial charge in [-0.3, -0.25) is 4.90 Å². The van der Waals surface area contributed by atoms with Gasteiger partial charge in [-0.25, -0.2) is 14.6 Å². The third-order valence-electron chi connectivity index (χ3n) is 5.60. The molecular weight excluding hydrogens is 406 g/mol. The molecule has 7 nitrogen and oxygen atoms in total. The molecule has 2 fully saturated rings. The van der Waals surface area contributed by atoms with Crippen LogP contribution in [-0.2, 0) is 16.1 Å². The predicted molar refractivity (Wildman–Crippen MR) is 121 cm³/mol. The molecule has 1 saturated heterocycles. The van der Waals surface area contributed by atoms with Crippen LogP contribution in [-0.4, -0.2) is 40.3 Å². The number of amides is 2. The minimum absolute atomic E-state index is 0.0818. The number of hydrogen-bond acceptors (Lipinski definition) is 5. The lowest BCUT2D eigenvalue weighted by atomic mass is 10.0. The standard InChI is InChI=1S/C25H31N3O4/c1-25(2,3)32-24(30)28(19-13-14-19)22-20(11-7-15-26-22)21-12-8-16-27(21)23(29)31-17-18-9-5-4-6-10-18/h4-7,9-11,15,19,21H,8,12-14,16-17H2,1-3H3/t21-/m1/s1. The highest BCUT2D eigenvalue weighted by molar-refractivity contribution is 5.89. The molecule has 1 aliphatic carbocycles. The van der Waals surface area contributed by atoms with Crippen molar-refractivity contribution in [3.63, 3.8) is 0 Å². The molecule has 0 bridgehead atoms. The molecule has 1 aromatic carbocycles. The molecule has 170 valence electrons. The van der Waals surface area contributed by atoms with Gasteiger partial charge in [-0.1, -0.05) is 36.4 Å². The summed E-state index contributed by atoms with van der Waals surface area (Å²) in [7, 11) is 0. The van der Waals surface area contributed by atoms with E-state index in [4.69, 9.17) is 9.47 Å². The fourth-order valence-corrected chi connectivity index (χ4v) is 4.03. The van der Waals surface area contributed by atoms with Crippen LogP contribution in [0.25, 0.3) is 0 Å². The average Bonchev–Trinajstić information content (AvgIpc) is 3.46. The Morgan fingerprint density at radius 2 is 1.84 bits per heavy atom. The molecule has 0 radical (unpaired) electrons. The number of rotatable bonds is 5. The average molecular weight is 438 g/mol. The smallest absolute Gasteiger partial charge is 0.416 e. The molecule has 4 rings (SSSR count). The highest BCUT2D eigenvalue weighted by Crippen LogP contribution is 2.40. The SMILES string of the molecule is CC(C)(C)OC(=O)N(c1ncccc1[C@H]1CCCN1C(=O)OCc1ccccc1)C1CC1. The molecule has 32 heavy (non-hydrogen) atoms. The first-order valence-corrected chi connectivity index (χ1v) is 11.3. The van der Waals surface area contributed by atoms with Crippen molar-refractivity contribution in [3.8, 4) is 0 Å². The van der Waals surface area contributed by atoms with E-state index in [1.165, 1.54) is 0 Å². The van der Waals surface area contributed by atoms with Gasteiger partial charge >= 0.3 is 12.2 Å². The predicted octanol–water partition coefficient (Wildman–Crippen LogP) is 5.46. The van der Waals surface area contributed by atoms with Crippen LogP contribution in [0.5, 0.6) is 0 Å². The Hall–Kier alpha value is -3.09. The summed E-state index contributed by atoms with van der Waals surface area (Å²) in [6, 6.07) is 13.3. The number of benzene rings is 1. The lowest BCUT2D eigenvalue weighted by Gasteiger charge is -2.31. The van der Waals surface area contributed by atoms with Crippen molar-refractivity contribution in [2.45, 2.75) is 70.7 Å². The monoisotopic (exact) mass is 437 g/mol. The number of likely N-dealkylation sites (tertiary alicyclic amines) is 1. The first-order chi connectivity index (χ1) is 15.3. The van der Waals surface area contributed by atoms with E-state index in [-0.39, 0.29) is 24.8 Å². The summed E-state index contributed by atoms with van der Waals surface area (Å²) in [5.74, 6) is 0.581. The second-order valence-corrected chi connectivity index (χ2v) is 9.39. The Labute approximate surface area is 189 Å².